The van der Waals surface area contributed by atoms with Crippen LogP contribution in [0.5, 0.6) is 17.2 Å². The summed E-state index contributed by atoms with van der Waals surface area (Å²) in [5, 5.41) is 59.1. The first-order valence-electron chi connectivity index (χ1n) is 8.77. The monoisotopic (exact) mass is 408 g/mol. The third-order valence-corrected chi connectivity index (χ3v) is 4.49. The molecule has 156 valence electrons. The predicted molar refractivity (Wildman–Crippen MR) is 99.5 cm³/mol. The van der Waals surface area contributed by atoms with E-state index in [0.29, 0.717) is 5.56 Å². The van der Waals surface area contributed by atoms with Gasteiger partial charge in [-0.1, -0.05) is 24.3 Å². The fraction of sp³-hybridized carbons (Fsp3) is 0.300. The van der Waals surface area contributed by atoms with Gasteiger partial charge in [0.2, 0.25) is 6.29 Å². The Morgan fingerprint density at radius 1 is 0.966 bits per heavy atom. The molecule has 8 nitrogen and oxygen atoms in total. The topological polar surface area (TPSA) is 140 Å². The summed E-state index contributed by atoms with van der Waals surface area (Å²) in [7, 11) is 0. The maximum Gasteiger partial charge on any atom is 0.229 e. The molecule has 5 atom stereocenters. The van der Waals surface area contributed by atoms with E-state index in [-0.39, 0.29) is 17.1 Å². The number of benzene rings is 2. The summed E-state index contributed by atoms with van der Waals surface area (Å²) in [5.41, 5.74) is 0.830. The smallest absolute Gasteiger partial charge is 0.229 e. The zero-order valence-electron chi connectivity index (χ0n) is 15.1. The molecule has 0 aromatic heterocycles. The van der Waals surface area contributed by atoms with Crippen LogP contribution < -0.4 is 4.74 Å². The third kappa shape index (κ3) is 4.66. The van der Waals surface area contributed by atoms with Crippen LogP contribution in [0.2, 0.25) is 0 Å². The van der Waals surface area contributed by atoms with Crippen molar-refractivity contribution in [1.29, 1.82) is 0 Å². The summed E-state index contributed by atoms with van der Waals surface area (Å²) in [5.74, 6) is -1.31. The van der Waals surface area contributed by atoms with E-state index >= 15 is 0 Å². The van der Waals surface area contributed by atoms with Gasteiger partial charge in [-0.25, -0.2) is 4.39 Å². The highest BCUT2D eigenvalue weighted by Gasteiger charge is 2.45. The molecule has 1 aliphatic heterocycles. The highest BCUT2D eigenvalue weighted by Crippen LogP contribution is 2.38. The van der Waals surface area contributed by atoms with Crippen molar-refractivity contribution in [3.63, 3.8) is 0 Å². The summed E-state index contributed by atoms with van der Waals surface area (Å²) >= 11 is 0. The van der Waals surface area contributed by atoms with Gasteiger partial charge in [0.25, 0.3) is 0 Å². The average Bonchev–Trinajstić information content (AvgIpc) is 2.69. The van der Waals surface area contributed by atoms with Crippen molar-refractivity contribution in [3.8, 4) is 17.2 Å². The summed E-state index contributed by atoms with van der Waals surface area (Å²) in [6.07, 6.45) is -4.52. The van der Waals surface area contributed by atoms with Crippen LogP contribution >= 0.6 is 0 Å². The van der Waals surface area contributed by atoms with Gasteiger partial charge in [0.15, 0.2) is 11.5 Å². The Hall–Kier alpha value is -2.69. The normalized spacial score (nSPS) is 27.3. The Balaban J connectivity index is 1.89. The molecule has 29 heavy (non-hydrogen) atoms. The molecular formula is C20H21FO8. The molecule has 0 aliphatic carbocycles. The second-order valence-corrected chi connectivity index (χ2v) is 6.58. The van der Waals surface area contributed by atoms with Gasteiger partial charge in [-0.05, 0) is 23.8 Å². The number of hydrogen-bond acceptors (Lipinski definition) is 8. The lowest BCUT2D eigenvalue weighted by molar-refractivity contribution is -0.277. The van der Waals surface area contributed by atoms with E-state index in [1.54, 1.807) is 6.08 Å². The first-order chi connectivity index (χ1) is 13.8. The van der Waals surface area contributed by atoms with Gasteiger partial charge in [-0.2, -0.15) is 0 Å². The molecule has 0 amide bonds. The van der Waals surface area contributed by atoms with E-state index < -0.39 is 48.9 Å². The van der Waals surface area contributed by atoms with Crippen molar-refractivity contribution >= 4 is 12.2 Å². The number of rotatable bonds is 5. The lowest BCUT2D eigenvalue weighted by Crippen LogP contribution is -2.60. The van der Waals surface area contributed by atoms with E-state index in [1.807, 2.05) is 0 Å². The lowest BCUT2D eigenvalue weighted by atomic mass is 9.99. The maximum absolute atomic E-state index is 13.0. The molecule has 9 heteroatoms. The zero-order valence-corrected chi connectivity index (χ0v) is 15.1. The number of phenolic OH excluding ortho intramolecular Hbond substituents is 2. The average molecular weight is 408 g/mol. The minimum absolute atomic E-state index is 0.175. The lowest BCUT2D eigenvalue weighted by Gasteiger charge is -2.39. The number of aromatic hydroxyl groups is 2. The van der Waals surface area contributed by atoms with Gasteiger partial charge in [0.1, 0.15) is 36.0 Å². The molecule has 1 aliphatic rings. The standard InChI is InChI=1S/C20H21FO8/c21-12-5-2-10(3-6-12)1-4-11-7-13(23)8-14(24)19(11)29-20-18(27)17(26)16(25)15(9-22)28-20/h1-8,15-18,20,22-27H,9H2/b4-1+/t15-,16-,17+,18-,20+/m1/s1. The first kappa shape index (κ1) is 21.0. The van der Waals surface area contributed by atoms with Crippen LogP contribution in [0.1, 0.15) is 11.1 Å². The molecule has 1 saturated heterocycles. The minimum Gasteiger partial charge on any atom is -0.508 e. The summed E-state index contributed by atoms with van der Waals surface area (Å²) < 4.78 is 23.8. The minimum atomic E-state index is -1.67. The number of phenols is 2. The molecule has 2 aromatic carbocycles. The van der Waals surface area contributed by atoms with Crippen LogP contribution in [0.4, 0.5) is 4.39 Å². The molecule has 0 unspecified atom stereocenters. The van der Waals surface area contributed by atoms with Crippen molar-refractivity contribution in [3.05, 3.63) is 53.3 Å². The van der Waals surface area contributed by atoms with Gasteiger partial charge in [0, 0.05) is 11.6 Å². The van der Waals surface area contributed by atoms with Gasteiger partial charge >= 0.3 is 0 Å². The summed E-state index contributed by atoms with van der Waals surface area (Å²) in [6, 6.07) is 7.86. The molecule has 0 spiro atoms. The number of halogens is 1. The number of ether oxygens (including phenoxy) is 2. The van der Waals surface area contributed by atoms with Gasteiger partial charge < -0.3 is 40.1 Å². The molecule has 1 heterocycles. The Kier molecular flexibility index (Phi) is 6.36. The molecule has 0 saturated carbocycles. The molecule has 6 N–H and O–H groups in total. The highest BCUT2D eigenvalue weighted by molar-refractivity contribution is 5.75. The molecule has 1 fully saturated rings. The van der Waals surface area contributed by atoms with Crippen LogP contribution in [0.15, 0.2) is 36.4 Å². The van der Waals surface area contributed by atoms with Crippen LogP contribution in [0, 0.1) is 5.82 Å². The fourth-order valence-electron chi connectivity index (χ4n) is 2.91. The van der Waals surface area contributed by atoms with Crippen molar-refractivity contribution in [2.24, 2.45) is 0 Å². The van der Waals surface area contributed by atoms with Crippen LogP contribution in [0.25, 0.3) is 12.2 Å². The quantitative estimate of drug-likeness (QED) is 0.395. The van der Waals surface area contributed by atoms with Crippen molar-refractivity contribution in [2.75, 3.05) is 6.61 Å². The molecular weight excluding hydrogens is 387 g/mol. The SMILES string of the molecule is OC[C@H]1O[C@@H](Oc2c(O)cc(O)cc2/C=C/c2ccc(F)cc2)[C@H](O)[C@@H](O)[C@@H]1O. The van der Waals surface area contributed by atoms with Crippen LogP contribution in [-0.2, 0) is 4.74 Å². The fourth-order valence-corrected chi connectivity index (χ4v) is 2.91. The number of hydrogen-bond donors (Lipinski definition) is 6. The Morgan fingerprint density at radius 3 is 2.31 bits per heavy atom. The van der Waals surface area contributed by atoms with E-state index in [1.165, 1.54) is 36.4 Å². The molecule has 3 rings (SSSR count). The number of aliphatic hydroxyl groups is 4. The Bertz CT molecular complexity index is 868. The second kappa shape index (κ2) is 8.76. The number of aliphatic hydroxyl groups excluding tert-OH is 4. The van der Waals surface area contributed by atoms with Crippen LogP contribution in [0.3, 0.4) is 0 Å². The summed E-state index contributed by atoms with van der Waals surface area (Å²) in [4.78, 5) is 0. The largest absolute Gasteiger partial charge is 0.508 e. The van der Waals surface area contributed by atoms with Gasteiger partial charge in [-0.3, -0.25) is 0 Å². The molecule has 0 bridgehead atoms. The van der Waals surface area contributed by atoms with E-state index in [4.69, 9.17) is 9.47 Å². The zero-order chi connectivity index (χ0) is 21.1. The summed E-state index contributed by atoms with van der Waals surface area (Å²) in [6.45, 7) is -0.635. The van der Waals surface area contributed by atoms with Crippen molar-refractivity contribution in [2.45, 2.75) is 30.7 Å². The van der Waals surface area contributed by atoms with Gasteiger partial charge in [0.05, 0.1) is 6.61 Å². The molecule has 0 radical (unpaired) electrons. The third-order valence-electron chi connectivity index (χ3n) is 4.49. The van der Waals surface area contributed by atoms with Gasteiger partial charge in [-0.15, -0.1) is 0 Å². The maximum atomic E-state index is 13.0. The Morgan fingerprint density at radius 2 is 1.66 bits per heavy atom. The van der Waals surface area contributed by atoms with E-state index in [0.717, 1.165) is 6.07 Å². The van der Waals surface area contributed by atoms with E-state index in [9.17, 15) is 35.0 Å². The van der Waals surface area contributed by atoms with Crippen molar-refractivity contribution in [1.82, 2.24) is 0 Å². The van der Waals surface area contributed by atoms with Crippen LogP contribution in [-0.4, -0.2) is 68.0 Å². The second-order valence-electron chi connectivity index (χ2n) is 6.58. The highest BCUT2D eigenvalue weighted by atomic mass is 19.1. The van der Waals surface area contributed by atoms with E-state index in [2.05, 4.69) is 0 Å². The Labute approximate surface area is 165 Å². The first-order valence-corrected chi connectivity index (χ1v) is 8.77. The molecule has 2 aromatic rings. The van der Waals surface area contributed by atoms with Crippen molar-refractivity contribution < 1.29 is 44.5 Å². The predicted octanol–water partition coefficient (Wildman–Crippen LogP) is 0.586.